The molecule has 1 amide bonds. The number of unbranched alkanes of at least 4 members (excludes halogenated alkanes) is 22. The highest BCUT2D eigenvalue weighted by atomic mass is 16.7. The molecule has 2 fully saturated rings. The van der Waals surface area contributed by atoms with Gasteiger partial charge in [-0.2, -0.15) is 0 Å². The molecule has 9 N–H and O–H groups in total. The van der Waals surface area contributed by atoms with E-state index in [2.05, 4.69) is 92.1 Å². The van der Waals surface area contributed by atoms with Gasteiger partial charge in [-0.05, 0) is 77.0 Å². The van der Waals surface area contributed by atoms with Gasteiger partial charge in [0.15, 0.2) is 12.6 Å². The van der Waals surface area contributed by atoms with Crippen LogP contribution in [-0.4, -0.2) is 140 Å². The molecule has 77 heavy (non-hydrogen) atoms. The fourth-order valence-corrected chi connectivity index (χ4v) is 9.45. The number of hydrogen-bond acceptors (Lipinski definition) is 13. The van der Waals surface area contributed by atoms with Gasteiger partial charge in [0, 0.05) is 6.42 Å². The van der Waals surface area contributed by atoms with E-state index in [4.69, 9.17) is 18.9 Å². The van der Waals surface area contributed by atoms with E-state index in [1.165, 1.54) is 109 Å². The van der Waals surface area contributed by atoms with Crippen molar-refractivity contribution in [1.82, 2.24) is 5.32 Å². The van der Waals surface area contributed by atoms with Crippen molar-refractivity contribution < 1.29 is 64.6 Å². The molecule has 0 saturated carbocycles. The number of aliphatic hydroxyl groups excluding tert-OH is 8. The van der Waals surface area contributed by atoms with Crippen LogP contribution >= 0.6 is 0 Å². The summed E-state index contributed by atoms with van der Waals surface area (Å²) >= 11 is 0. The average molecular weight is 1090 g/mol. The predicted molar refractivity (Wildman–Crippen MR) is 309 cm³/mol. The van der Waals surface area contributed by atoms with E-state index in [1.54, 1.807) is 6.08 Å². The molecule has 0 aliphatic carbocycles. The van der Waals surface area contributed by atoms with E-state index < -0.39 is 86.8 Å². The molecule has 0 bridgehead atoms. The molecule has 14 nitrogen and oxygen atoms in total. The molecule has 0 aromatic rings. The van der Waals surface area contributed by atoms with Crippen LogP contribution in [0, 0.1) is 0 Å². The summed E-state index contributed by atoms with van der Waals surface area (Å²) in [6.07, 6.45) is 47.6. The normalized spacial score (nSPS) is 25.3. The smallest absolute Gasteiger partial charge is 0.220 e. The lowest BCUT2D eigenvalue weighted by Gasteiger charge is -2.46. The van der Waals surface area contributed by atoms with Crippen LogP contribution in [0.1, 0.15) is 213 Å². The molecule has 0 aromatic heterocycles. The third-order valence-electron chi connectivity index (χ3n) is 14.3. The van der Waals surface area contributed by atoms with Gasteiger partial charge < -0.3 is 65.1 Å². The zero-order chi connectivity index (χ0) is 56.0. The average Bonchev–Trinajstić information content (AvgIpc) is 3.43. The molecule has 2 aliphatic heterocycles. The summed E-state index contributed by atoms with van der Waals surface area (Å²) in [6.45, 7) is 2.66. The van der Waals surface area contributed by atoms with E-state index in [0.717, 1.165) is 70.6 Å². The Morgan fingerprint density at radius 2 is 0.909 bits per heavy atom. The molecule has 14 heteroatoms. The van der Waals surface area contributed by atoms with E-state index in [9.17, 15) is 45.6 Å². The number of hydrogen-bond donors (Lipinski definition) is 9. The number of aliphatic hydroxyl groups is 8. The summed E-state index contributed by atoms with van der Waals surface area (Å²) in [5.74, 6) is -0.256. The number of carbonyl (C=O) groups is 1. The van der Waals surface area contributed by atoms with Crippen LogP contribution in [-0.2, 0) is 23.7 Å². The third-order valence-corrected chi connectivity index (χ3v) is 14.3. The summed E-state index contributed by atoms with van der Waals surface area (Å²) in [6, 6.07) is -0.938. The molecule has 2 aliphatic rings. The molecule has 444 valence electrons. The first kappa shape index (κ1) is 70.3. The second-order valence-electron chi connectivity index (χ2n) is 21.1. The molecular weight excluding hydrogens is 979 g/mol. The van der Waals surface area contributed by atoms with Crippen LogP contribution in [0.5, 0.6) is 0 Å². The van der Waals surface area contributed by atoms with Crippen LogP contribution in [0.25, 0.3) is 0 Å². The van der Waals surface area contributed by atoms with E-state index in [1.807, 2.05) is 6.08 Å². The van der Waals surface area contributed by atoms with Crippen LogP contribution in [0.3, 0.4) is 0 Å². The van der Waals surface area contributed by atoms with Crippen molar-refractivity contribution in [3.8, 4) is 0 Å². The Morgan fingerprint density at radius 3 is 1.43 bits per heavy atom. The Bertz CT molecular complexity index is 1610. The summed E-state index contributed by atoms with van der Waals surface area (Å²) in [5.41, 5.74) is 0. The zero-order valence-corrected chi connectivity index (χ0v) is 47.7. The van der Waals surface area contributed by atoms with Crippen molar-refractivity contribution in [2.24, 2.45) is 0 Å². The maximum absolute atomic E-state index is 13.3. The topological polar surface area (TPSA) is 228 Å². The number of amides is 1. The van der Waals surface area contributed by atoms with Crippen molar-refractivity contribution >= 4 is 5.91 Å². The molecule has 2 rings (SSSR count). The van der Waals surface area contributed by atoms with E-state index in [-0.39, 0.29) is 18.9 Å². The van der Waals surface area contributed by atoms with Crippen LogP contribution in [0.15, 0.2) is 85.1 Å². The van der Waals surface area contributed by atoms with E-state index >= 15 is 0 Å². The lowest BCUT2D eigenvalue weighted by Crippen LogP contribution is -2.65. The van der Waals surface area contributed by atoms with Gasteiger partial charge in [0.2, 0.25) is 5.91 Å². The number of rotatable bonds is 47. The van der Waals surface area contributed by atoms with Gasteiger partial charge in [-0.3, -0.25) is 4.79 Å². The van der Waals surface area contributed by atoms with Crippen molar-refractivity contribution in [2.75, 3.05) is 19.8 Å². The first-order chi connectivity index (χ1) is 37.6. The number of ether oxygens (including phenoxy) is 4. The fraction of sp³-hybridized carbons (Fsp3) is 0.762. The molecule has 12 unspecified atom stereocenters. The van der Waals surface area contributed by atoms with Gasteiger partial charge in [-0.25, -0.2) is 0 Å². The number of allylic oxidation sites excluding steroid dienone is 13. The molecule has 0 spiro atoms. The fourth-order valence-electron chi connectivity index (χ4n) is 9.45. The Morgan fingerprint density at radius 1 is 0.481 bits per heavy atom. The molecule has 0 radical (unpaired) electrons. The van der Waals surface area contributed by atoms with Gasteiger partial charge in [-0.1, -0.05) is 214 Å². The second kappa shape index (κ2) is 47.9. The lowest BCUT2D eigenvalue weighted by atomic mass is 9.97. The summed E-state index contributed by atoms with van der Waals surface area (Å²) in [5, 5.41) is 87.1. The van der Waals surface area contributed by atoms with Gasteiger partial charge in [0.25, 0.3) is 0 Å². The van der Waals surface area contributed by atoms with Crippen LogP contribution < -0.4 is 5.32 Å². The molecule has 0 aromatic carbocycles. The van der Waals surface area contributed by atoms with Crippen molar-refractivity contribution in [3.63, 3.8) is 0 Å². The summed E-state index contributed by atoms with van der Waals surface area (Å²) < 4.78 is 22.8. The number of nitrogens with one attached hydrogen (secondary N) is 1. The molecular formula is C63H109NO13. The molecule has 2 heterocycles. The minimum absolute atomic E-state index is 0.256. The molecule has 12 atom stereocenters. The highest BCUT2D eigenvalue weighted by molar-refractivity contribution is 5.76. The monoisotopic (exact) mass is 1090 g/mol. The van der Waals surface area contributed by atoms with Gasteiger partial charge in [-0.15, -0.1) is 0 Å². The minimum atomic E-state index is -1.79. The van der Waals surface area contributed by atoms with Crippen LogP contribution in [0.2, 0.25) is 0 Å². The van der Waals surface area contributed by atoms with Crippen molar-refractivity contribution in [2.45, 2.75) is 286 Å². The van der Waals surface area contributed by atoms with Crippen molar-refractivity contribution in [1.29, 1.82) is 0 Å². The maximum Gasteiger partial charge on any atom is 0.220 e. The van der Waals surface area contributed by atoms with Gasteiger partial charge >= 0.3 is 0 Å². The summed E-state index contributed by atoms with van der Waals surface area (Å²) in [7, 11) is 0. The maximum atomic E-state index is 13.3. The first-order valence-corrected chi connectivity index (χ1v) is 30.3. The van der Waals surface area contributed by atoms with E-state index in [0.29, 0.717) is 12.8 Å². The Balaban J connectivity index is 1.74. The second-order valence-corrected chi connectivity index (χ2v) is 21.1. The Labute approximate surface area is 465 Å². The highest BCUT2D eigenvalue weighted by Gasteiger charge is 2.51. The Kier molecular flexibility index (Phi) is 43.7. The first-order valence-electron chi connectivity index (χ1n) is 30.3. The van der Waals surface area contributed by atoms with Crippen molar-refractivity contribution in [3.05, 3.63) is 85.1 Å². The summed E-state index contributed by atoms with van der Waals surface area (Å²) in [4.78, 5) is 13.3. The third kappa shape index (κ3) is 33.5. The Hall–Kier alpha value is -2.83. The van der Waals surface area contributed by atoms with Crippen LogP contribution in [0.4, 0.5) is 0 Å². The molecule has 2 saturated heterocycles. The minimum Gasteiger partial charge on any atom is -0.394 e. The predicted octanol–water partition coefficient (Wildman–Crippen LogP) is 10.5. The quantitative estimate of drug-likeness (QED) is 0.0204. The highest BCUT2D eigenvalue weighted by Crippen LogP contribution is 2.30. The zero-order valence-electron chi connectivity index (χ0n) is 47.7. The van der Waals surface area contributed by atoms with Gasteiger partial charge in [0.1, 0.15) is 48.8 Å². The standard InChI is InChI=1S/C63H109NO13/c1-3-5-7-9-11-13-15-17-19-21-22-23-24-25-26-27-28-29-30-31-33-35-37-39-41-43-45-47-55(68)64-51(52(67)46-44-42-40-38-36-34-32-20-18-16-14-12-10-8-6-4-2)50-74-62-60(73)58(71)61(54(49-66)76-62)77-63-59(72)57(70)56(69)53(48-65)75-63/h5,7,11,13,17,19,22-23,25-26,36,38,44,46,51-54,56-63,65-67,69-73H,3-4,6,8-10,12,14-16,18,20-21,24,27-35,37,39-43,45,47-50H2,1-2H3,(H,64,68)/b7-5-,13-11-,19-17-,23-22-,26-25-,38-36+,46-44+. The lowest BCUT2D eigenvalue weighted by molar-refractivity contribution is -0.359. The SMILES string of the molecule is CC/C=C\C/C=C\C/C=C\C/C=C\C/C=C\CCCCCCCCCCCCCC(=O)NC(COC1OC(CO)C(OC2OC(CO)C(O)C(O)C2O)C(O)C1O)C(O)/C=C/CC/C=C/CCCCCCCCCCCC. The van der Waals surface area contributed by atoms with Gasteiger partial charge in [0.05, 0.1) is 32.0 Å². The largest absolute Gasteiger partial charge is 0.394 e. The number of carbonyl (C=O) groups excluding carboxylic acids is 1.